The van der Waals surface area contributed by atoms with Gasteiger partial charge in [-0.25, -0.2) is 9.37 Å². The Hall–Kier alpha value is -3.18. The van der Waals surface area contributed by atoms with Gasteiger partial charge in [-0.2, -0.15) is 5.10 Å². The first-order valence-corrected chi connectivity index (χ1v) is 12.1. The van der Waals surface area contributed by atoms with Crippen molar-refractivity contribution >= 4 is 33.1 Å². The molecule has 0 amide bonds. The van der Waals surface area contributed by atoms with E-state index in [2.05, 4.69) is 39.0 Å². The van der Waals surface area contributed by atoms with Gasteiger partial charge in [0.25, 0.3) is 0 Å². The molecular formula is C23H21BrFN5O3S. The molecule has 0 aliphatic heterocycles. The van der Waals surface area contributed by atoms with Crippen molar-refractivity contribution in [3.05, 3.63) is 83.8 Å². The molecule has 0 radical (unpaired) electrons. The van der Waals surface area contributed by atoms with Gasteiger partial charge in [-0.3, -0.25) is 4.68 Å². The number of pyridine rings is 1. The highest BCUT2D eigenvalue weighted by Crippen LogP contribution is 2.34. The summed E-state index contributed by atoms with van der Waals surface area (Å²) in [6, 6.07) is 7.95. The molecule has 4 rings (SSSR count). The van der Waals surface area contributed by atoms with E-state index in [1.165, 1.54) is 24.4 Å². The van der Waals surface area contributed by atoms with Crippen LogP contribution in [0.25, 0.3) is 11.3 Å². The molecule has 0 saturated carbocycles. The van der Waals surface area contributed by atoms with Gasteiger partial charge in [0.2, 0.25) is 5.75 Å². The molecule has 0 fully saturated rings. The number of benzene rings is 1. The van der Waals surface area contributed by atoms with Crippen LogP contribution in [0.1, 0.15) is 33.8 Å². The molecule has 0 bridgehead atoms. The lowest BCUT2D eigenvalue weighted by atomic mass is 10.0. The van der Waals surface area contributed by atoms with Crippen molar-refractivity contribution in [2.45, 2.75) is 33.3 Å². The lowest BCUT2D eigenvalue weighted by Gasteiger charge is -2.12. The Morgan fingerprint density at radius 2 is 2.09 bits per heavy atom. The van der Waals surface area contributed by atoms with Crippen LogP contribution in [-0.2, 0) is 26.5 Å². The summed E-state index contributed by atoms with van der Waals surface area (Å²) in [5.41, 5.74) is 4.05. The highest BCUT2D eigenvalue weighted by molar-refractivity contribution is 9.10. The minimum atomic E-state index is -0.616. The van der Waals surface area contributed by atoms with Crippen LogP contribution in [0.3, 0.4) is 0 Å². The van der Waals surface area contributed by atoms with E-state index < -0.39 is 16.6 Å². The Morgan fingerprint density at radius 1 is 1.29 bits per heavy atom. The molecule has 0 atom stereocenters. The summed E-state index contributed by atoms with van der Waals surface area (Å²) < 4.78 is 22.3. The molecular weight excluding hydrogens is 525 g/mol. The number of hydrogen-bond donors (Lipinski definition) is 0. The maximum Gasteiger partial charge on any atom is 0.406 e. The second-order valence-electron chi connectivity index (χ2n) is 7.61. The first-order chi connectivity index (χ1) is 16.2. The average molecular weight is 546 g/mol. The minimum absolute atomic E-state index is 0.00810. The summed E-state index contributed by atoms with van der Waals surface area (Å²) in [6.07, 6.45) is 2.80. The molecule has 0 N–H and O–H groups in total. The Labute approximate surface area is 207 Å². The molecule has 34 heavy (non-hydrogen) atoms. The van der Waals surface area contributed by atoms with Crippen molar-refractivity contribution in [3.8, 4) is 17.0 Å². The lowest BCUT2D eigenvalue weighted by Crippen LogP contribution is -2.04. The standard InChI is InChI=1S/C23H21BrFN5O3S/c1-4-17-9-18(29(3)28-17)10-21-22(27-13(2)34-21)19-6-5-16(25)7-14(19)12-33-20-8-15(24)11-26-23(20)30(31)32/h5-9,11H,4,10,12H2,1-3H3. The molecule has 4 aromatic rings. The highest BCUT2D eigenvalue weighted by Gasteiger charge is 2.21. The van der Waals surface area contributed by atoms with Crippen molar-refractivity contribution in [1.82, 2.24) is 19.7 Å². The SMILES string of the molecule is CCc1cc(Cc2sc(C)nc2-c2ccc(F)cc2COc2cc(Br)cnc2[N+](=O)[O-])n(C)n1. The summed E-state index contributed by atoms with van der Waals surface area (Å²) in [4.78, 5) is 20.3. The van der Waals surface area contributed by atoms with E-state index in [0.717, 1.165) is 33.4 Å². The summed E-state index contributed by atoms with van der Waals surface area (Å²) >= 11 is 4.82. The van der Waals surface area contributed by atoms with E-state index in [9.17, 15) is 14.5 Å². The van der Waals surface area contributed by atoms with Crippen molar-refractivity contribution in [2.24, 2.45) is 7.05 Å². The fourth-order valence-electron chi connectivity index (χ4n) is 3.60. The number of hydrogen-bond acceptors (Lipinski definition) is 7. The van der Waals surface area contributed by atoms with Crippen molar-refractivity contribution < 1.29 is 14.1 Å². The number of halogens is 2. The van der Waals surface area contributed by atoms with Crippen molar-refractivity contribution in [2.75, 3.05) is 0 Å². The highest BCUT2D eigenvalue weighted by atomic mass is 79.9. The van der Waals surface area contributed by atoms with Gasteiger partial charge in [0.15, 0.2) is 6.20 Å². The molecule has 8 nitrogen and oxygen atoms in total. The van der Waals surface area contributed by atoms with Gasteiger partial charge < -0.3 is 14.9 Å². The van der Waals surface area contributed by atoms with E-state index >= 15 is 0 Å². The topological polar surface area (TPSA) is 96.0 Å². The van der Waals surface area contributed by atoms with Gasteiger partial charge in [0.05, 0.1) is 20.9 Å². The Bertz CT molecular complexity index is 1370. The second kappa shape index (κ2) is 9.98. The van der Waals surface area contributed by atoms with Crippen LogP contribution in [0.4, 0.5) is 10.2 Å². The normalized spacial score (nSPS) is 11.1. The van der Waals surface area contributed by atoms with Crippen LogP contribution in [0.5, 0.6) is 5.75 Å². The number of aromatic nitrogens is 4. The molecule has 11 heteroatoms. The average Bonchev–Trinajstić information content (AvgIpc) is 3.33. The summed E-state index contributed by atoms with van der Waals surface area (Å²) in [6.45, 7) is 3.90. The Kier molecular flexibility index (Phi) is 7.03. The monoisotopic (exact) mass is 545 g/mol. The van der Waals surface area contributed by atoms with E-state index in [4.69, 9.17) is 9.72 Å². The predicted molar refractivity (Wildman–Crippen MR) is 131 cm³/mol. The third kappa shape index (κ3) is 5.15. The van der Waals surface area contributed by atoms with Gasteiger partial charge in [-0.1, -0.05) is 6.92 Å². The molecule has 3 heterocycles. The number of thiazole rings is 1. The van der Waals surface area contributed by atoms with Gasteiger partial charge in [-0.15, -0.1) is 11.3 Å². The Balaban J connectivity index is 1.69. The Morgan fingerprint density at radius 3 is 2.79 bits per heavy atom. The van der Waals surface area contributed by atoms with Gasteiger partial charge >= 0.3 is 5.82 Å². The number of nitrogens with zero attached hydrogens (tertiary/aromatic N) is 5. The van der Waals surface area contributed by atoms with Crippen molar-refractivity contribution in [3.63, 3.8) is 0 Å². The van der Waals surface area contributed by atoms with Crippen molar-refractivity contribution in [1.29, 1.82) is 0 Å². The number of rotatable bonds is 8. The molecule has 1 aromatic carbocycles. The molecule has 0 spiro atoms. The van der Waals surface area contributed by atoms with Gasteiger partial charge in [-0.05, 0) is 63.4 Å². The van der Waals surface area contributed by atoms with Crippen LogP contribution in [0.15, 0.2) is 41.0 Å². The van der Waals surface area contributed by atoms with E-state index in [0.29, 0.717) is 22.0 Å². The van der Waals surface area contributed by atoms with Crippen LogP contribution in [0, 0.1) is 22.9 Å². The molecule has 176 valence electrons. The number of aryl methyl sites for hydroxylation is 3. The fourth-order valence-corrected chi connectivity index (χ4v) is 4.87. The first-order valence-electron chi connectivity index (χ1n) is 10.4. The number of ether oxygens (including phenoxy) is 1. The number of nitro groups is 1. The molecule has 3 aromatic heterocycles. The van der Waals surface area contributed by atoms with Crippen LogP contribution in [-0.4, -0.2) is 24.7 Å². The fraction of sp³-hybridized carbons (Fsp3) is 0.261. The van der Waals surface area contributed by atoms with Gasteiger partial charge in [0, 0.05) is 41.2 Å². The second-order valence-corrected chi connectivity index (χ2v) is 9.81. The summed E-state index contributed by atoms with van der Waals surface area (Å²) in [7, 11) is 1.91. The van der Waals surface area contributed by atoms with E-state index in [1.807, 2.05) is 18.7 Å². The predicted octanol–water partition coefficient (Wildman–Crippen LogP) is 5.79. The quantitative estimate of drug-likeness (QED) is 0.205. The lowest BCUT2D eigenvalue weighted by molar-refractivity contribution is -0.390. The minimum Gasteiger partial charge on any atom is -0.481 e. The maximum absolute atomic E-state index is 14.2. The van der Waals surface area contributed by atoms with Crippen LogP contribution >= 0.6 is 27.3 Å². The smallest absolute Gasteiger partial charge is 0.406 e. The third-order valence-corrected chi connectivity index (χ3v) is 6.62. The third-order valence-electron chi connectivity index (χ3n) is 5.21. The van der Waals surface area contributed by atoms with Gasteiger partial charge in [0.1, 0.15) is 12.4 Å². The van der Waals surface area contributed by atoms with E-state index in [1.54, 1.807) is 17.4 Å². The first kappa shape index (κ1) is 24.0. The van der Waals surface area contributed by atoms with E-state index in [-0.39, 0.29) is 12.4 Å². The van der Waals surface area contributed by atoms with Crippen LogP contribution in [0.2, 0.25) is 0 Å². The van der Waals surface area contributed by atoms with Crippen LogP contribution < -0.4 is 4.74 Å². The molecule has 0 aliphatic carbocycles. The zero-order valence-electron chi connectivity index (χ0n) is 18.7. The molecule has 0 unspecified atom stereocenters. The summed E-state index contributed by atoms with van der Waals surface area (Å²) in [5.74, 6) is -0.850. The zero-order chi connectivity index (χ0) is 24.4. The summed E-state index contributed by atoms with van der Waals surface area (Å²) in [5, 5.41) is 16.7. The molecule has 0 aliphatic rings. The maximum atomic E-state index is 14.2. The largest absolute Gasteiger partial charge is 0.481 e. The zero-order valence-corrected chi connectivity index (χ0v) is 21.1. The molecule has 0 saturated heterocycles.